The fourth-order valence-electron chi connectivity index (χ4n) is 1.31. The van der Waals surface area contributed by atoms with Gasteiger partial charge < -0.3 is 15.6 Å². The van der Waals surface area contributed by atoms with Gasteiger partial charge in [-0.3, -0.25) is 4.79 Å². The average molecular weight is 210 g/mol. The van der Waals surface area contributed by atoms with Crippen molar-refractivity contribution in [3.8, 4) is 0 Å². The molecule has 0 aliphatic carbocycles. The number of nitrogens with one attached hydrogen (secondary N) is 3. The van der Waals surface area contributed by atoms with Gasteiger partial charge in [-0.15, -0.1) is 0 Å². The van der Waals surface area contributed by atoms with E-state index in [-0.39, 0.29) is 5.91 Å². The molecule has 0 saturated carbocycles. The normalized spacial score (nSPS) is 11.4. The number of rotatable bonds is 5. The van der Waals surface area contributed by atoms with Crippen LogP contribution < -0.4 is 10.6 Å². The number of carbonyl (C=O) groups excluding carboxylic acids is 1. The highest BCUT2D eigenvalue weighted by molar-refractivity contribution is 5.81. The van der Waals surface area contributed by atoms with E-state index in [9.17, 15) is 4.79 Å². The standard InChI is InChI=1S/C10H18N4O/c1-10(2,9(15)11-3)6-12-4-8-5-13-7-14-8/h5,7,12H,4,6H2,1-3H3,(H,11,15)(H,13,14). The lowest BCUT2D eigenvalue weighted by Crippen LogP contribution is -2.41. The summed E-state index contributed by atoms with van der Waals surface area (Å²) in [5.41, 5.74) is 0.622. The van der Waals surface area contributed by atoms with Gasteiger partial charge in [0, 0.05) is 32.0 Å². The van der Waals surface area contributed by atoms with Crippen LogP contribution in [-0.4, -0.2) is 29.5 Å². The number of nitrogens with zero attached hydrogens (tertiary/aromatic N) is 1. The first kappa shape index (κ1) is 11.7. The van der Waals surface area contributed by atoms with Gasteiger partial charge in [0.05, 0.1) is 11.7 Å². The van der Waals surface area contributed by atoms with E-state index in [1.807, 2.05) is 13.8 Å². The molecule has 0 aromatic carbocycles. The van der Waals surface area contributed by atoms with Gasteiger partial charge in [0.25, 0.3) is 0 Å². The summed E-state index contributed by atoms with van der Waals surface area (Å²) < 4.78 is 0. The predicted octanol–water partition coefficient (Wildman–Crippen LogP) is 0.272. The van der Waals surface area contributed by atoms with Gasteiger partial charge in [-0.1, -0.05) is 0 Å². The van der Waals surface area contributed by atoms with E-state index >= 15 is 0 Å². The maximum absolute atomic E-state index is 11.5. The molecule has 15 heavy (non-hydrogen) atoms. The molecular formula is C10H18N4O. The number of carbonyl (C=O) groups is 1. The third kappa shape index (κ3) is 3.36. The molecule has 0 atom stereocenters. The third-order valence-electron chi connectivity index (χ3n) is 2.28. The van der Waals surface area contributed by atoms with E-state index in [2.05, 4.69) is 20.6 Å². The van der Waals surface area contributed by atoms with Gasteiger partial charge >= 0.3 is 0 Å². The van der Waals surface area contributed by atoms with Crippen LogP contribution in [0, 0.1) is 5.41 Å². The Hall–Kier alpha value is -1.36. The third-order valence-corrected chi connectivity index (χ3v) is 2.28. The zero-order valence-corrected chi connectivity index (χ0v) is 9.42. The Labute approximate surface area is 89.7 Å². The fraction of sp³-hybridized carbons (Fsp3) is 0.600. The summed E-state index contributed by atoms with van der Waals surface area (Å²) in [7, 11) is 1.65. The van der Waals surface area contributed by atoms with E-state index in [4.69, 9.17) is 0 Å². The minimum Gasteiger partial charge on any atom is -0.359 e. The second kappa shape index (κ2) is 4.93. The van der Waals surface area contributed by atoms with Crippen LogP contribution in [0.1, 0.15) is 19.5 Å². The van der Waals surface area contributed by atoms with Crippen molar-refractivity contribution in [1.82, 2.24) is 20.6 Å². The van der Waals surface area contributed by atoms with E-state index in [0.717, 1.165) is 5.69 Å². The Kier molecular flexibility index (Phi) is 3.85. The van der Waals surface area contributed by atoms with Crippen molar-refractivity contribution >= 4 is 5.91 Å². The van der Waals surface area contributed by atoms with Crippen LogP contribution in [0.5, 0.6) is 0 Å². The summed E-state index contributed by atoms with van der Waals surface area (Å²) in [6, 6.07) is 0. The average Bonchev–Trinajstić information content (AvgIpc) is 2.69. The topological polar surface area (TPSA) is 69.8 Å². The maximum Gasteiger partial charge on any atom is 0.226 e. The van der Waals surface area contributed by atoms with Crippen LogP contribution in [-0.2, 0) is 11.3 Å². The Morgan fingerprint density at radius 2 is 2.33 bits per heavy atom. The van der Waals surface area contributed by atoms with Crippen molar-refractivity contribution < 1.29 is 4.79 Å². The highest BCUT2D eigenvalue weighted by atomic mass is 16.2. The maximum atomic E-state index is 11.5. The molecule has 3 N–H and O–H groups in total. The Bertz CT molecular complexity index is 305. The summed E-state index contributed by atoms with van der Waals surface area (Å²) in [6.07, 6.45) is 3.40. The summed E-state index contributed by atoms with van der Waals surface area (Å²) in [4.78, 5) is 18.4. The first-order valence-electron chi connectivity index (χ1n) is 4.96. The number of hydrogen-bond acceptors (Lipinski definition) is 3. The summed E-state index contributed by atoms with van der Waals surface area (Å²) in [5, 5.41) is 5.86. The van der Waals surface area contributed by atoms with Crippen molar-refractivity contribution in [2.75, 3.05) is 13.6 Å². The first-order chi connectivity index (χ1) is 7.06. The molecule has 0 unspecified atom stereocenters. The van der Waals surface area contributed by atoms with Crippen molar-refractivity contribution in [2.24, 2.45) is 5.41 Å². The molecule has 0 bridgehead atoms. The van der Waals surface area contributed by atoms with Crippen molar-refractivity contribution in [3.05, 3.63) is 18.2 Å². The van der Waals surface area contributed by atoms with Gasteiger partial charge in [0.1, 0.15) is 0 Å². The molecule has 0 aliphatic heterocycles. The summed E-state index contributed by atoms with van der Waals surface area (Å²) >= 11 is 0. The molecule has 1 aromatic heterocycles. The van der Waals surface area contributed by atoms with E-state index in [1.165, 1.54) is 0 Å². The van der Waals surface area contributed by atoms with Crippen LogP contribution in [0.3, 0.4) is 0 Å². The number of H-pyrrole nitrogens is 1. The second-order valence-electron chi connectivity index (χ2n) is 4.14. The zero-order chi connectivity index (χ0) is 11.3. The molecule has 0 aliphatic rings. The molecule has 1 aromatic rings. The van der Waals surface area contributed by atoms with E-state index < -0.39 is 5.41 Å². The quantitative estimate of drug-likeness (QED) is 0.653. The molecule has 84 valence electrons. The van der Waals surface area contributed by atoms with Crippen LogP contribution in [0.25, 0.3) is 0 Å². The molecule has 0 radical (unpaired) electrons. The molecule has 1 amide bonds. The second-order valence-corrected chi connectivity index (χ2v) is 4.14. The fourth-order valence-corrected chi connectivity index (χ4v) is 1.31. The van der Waals surface area contributed by atoms with Gasteiger partial charge in [-0.25, -0.2) is 4.98 Å². The number of hydrogen-bond donors (Lipinski definition) is 3. The lowest BCUT2D eigenvalue weighted by atomic mass is 9.92. The van der Waals surface area contributed by atoms with E-state index in [0.29, 0.717) is 13.1 Å². The van der Waals surface area contributed by atoms with Gasteiger partial charge in [-0.2, -0.15) is 0 Å². The van der Waals surface area contributed by atoms with Crippen LogP contribution >= 0.6 is 0 Å². The van der Waals surface area contributed by atoms with Crippen molar-refractivity contribution in [2.45, 2.75) is 20.4 Å². The van der Waals surface area contributed by atoms with Gasteiger partial charge in [-0.05, 0) is 13.8 Å². The molecule has 0 saturated heterocycles. The van der Waals surface area contributed by atoms with Crippen LogP contribution in [0.4, 0.5) is 0 Å². The number of aromatic amines is 1. The van der Waals surface area contributed by atoms with Crippen molar-refractivity contribution in [3.63, 3.8) is 0 Å². The lowest BCUT2D eigenvalue weighted by Gasteiger charge is -2.22. The Morgan fingerprint density at radius 3 is 2.87 bits per heavy atom. The highest BCUT2D eigenvalue weighted by Crippen LogP contribution is 2.13. The molecule has 5 nitrogen and oxygen atoms in total. The molecule has 1 rings (SSSR count). The lowest BCUT2D eigenvalue weighted by molar-refractivity contribution is -0.128. The Balaban J connectivity index is 2.33. The predicted molar refractivity (Wildman–Crippen MR) is 58.1 cm³/mol. The van der Waals surface area contributed by atoms with Crippen LogP contribution in [0.15, 0.2) is 12.5 Å². The van der Waals surface area contributed by atoms with Gasteiger partial charge in [0.2, 0.25) is 5.91 Å². The zero-order valence-electron chi connectivity index (χ0n) is 9.42. The molecule has 5 heteroatoms. The first-order valence-corrected chi connectivity index (χ1v) is 4.96. The van der Waals surface area contributed by atoms with Crippen LogP contribution in [0.2, 0.25) is 0 Å². The highest BCUT2D eigenvalue weighted by Gasteiger charge is 2.25. The molecular weight excluding hydrogens is 192 g/mol. The summed E-state index contributed by atoms with van der Waals surface area (Å²) in [5.74, 6) is 0.0413. The molecule has 0 spiro atoms. The van der Waals surface area contributed by atoms with Gasteiger partial charge in [0.15, 0.2) is 0 Å². The summed E-state index contributed by atoms with van der Waals surface area (Å²) in [6.45, 7) is 5.14. The number of aromatic nitrogens is 2. The smallest absolute Gasteiger partial charge is 0.226 e. The van der Waals surface area contributed by atoms with Crippen molar-refractivity contribution in [1.29, 1.82) is 0 Å². The molecule has 0 fully saturated rings. The Morgan fingerprint density at radius 1 is 1.60 bits per heavy atom. The SMILES string of the molecule is CNC(=O)C(C)(C)CNCc1cnc[nH]1. The molecule has 1 heterocycles. The van der Waals surface area contributed by atoms with E-state index in [1.54, 1.807) is 19.6 Å². The number of amides is 1. The minimum atomic E-state index is -0.394. The number of imidazole rings is 1. The monoisotopic (exact) mass is 210 g/mol. The largest absolute Gasteiger partial charge is 0.359 e. The minimum absolute atomic E-state index is 0.0413.